The number of fused-ring (bicyclic) bond motifs is 10. The van der Waals surface area contributed by atoms with Crippen LogP contribution in [0.15, 0.2) is 76.8 Å². The molecule has 0 amide bonds. The van der Waals surface area contributed by atoms with Crippen LogP contribution in [0.4, 0.5) is 0 Å². The number of aromatic hydroxyl groups is 2. The number of guanidine groups is 1. The number of ketones is 1. The van der Waals surface area contributed by atoms with E-state index in [2.05, 4.69) is 60.5 Å². The Bertz CT molecular complexity index is 2350. The first kappa shape index (κ1) is 46.4. The predicted molar refractivity (Wildman–Crippen MR) is 255 cm³/mol. The molecular formula is C55H69N3O7. The number of aliphatic hydroxyl groups excluding tert-OH is 2. The maximum absolute atomic E-state index is 13.8. The number of aliphatic hydroxyl groups is 2. The van der Waals surface area contributed by atoms with E-state index in [0.717, 1.165) is 77.5 Å². The summed E-state index contributed by atoms with van der Waals surface area (Å²) in [7, 11) is 1.76. The van der Waals surface area contributed by atoms with Crippen LogP contribution in [0.3, 0.4) is 0 Å². The number of nitrogens with two attached hydrogens (primary N) is 1. The largest absolute Gasteiger partial charge is 0.508 e. The molecule has 346 valence electrons. The fraction of sp³-hybridized carbons (Fsp3) is 0.527. The lowest BCUT2D eigenvalue weighted by molar-refractivity contribution is -0.114. The molecule has 5 aliphatic rings. The molecule has 8 bridgehead atoms. The smallest absolute Gasteiger partial charge is 0.189 e. The summed E-state index contributed by atoms with van der Waals surface area (Å²) in [6.07, 6.45) is 13.4. The number of allylic oxidation sites excluding steroid dienone is 3. The molecule has 2 fully saturated rings. The highest BCUT2D eigenvalue weighted by molar-refractivity contribution is 5.90. The van der Waals surface area contributed by atoms with Gasteiger partial charge in [-0.1, -0.05) is 67.7 Å². The zero-order valence-corrected chi connectivity index (χ0v) is 38.5. The number of ether oxygens (including phenoxy) is 2. The molecule has 1 aliphatic heterocycles. The molecule has 7 N–H and O–H groups in total. The fourth-order valence-electron chi connectivity index (χ4n) is 12.0. The van der Waals surface area contributed by atoms with Crippen LogP contribution in [-0.4, -0.2) is 71.2 Å². The average molecular weight is 884 g/mol. The molecule has 0 spiro atoms. The third-order valence-electron chi connectivity index (χ3n) is 15.0. The Labute approximate surface area is 385 Å². The number of hydrogen-bond donors (Lipinski definition) is 6. The molecule has 0 aromatic heterocycles. The number of benzene rings is 3. The van der Waals surface area contributed by atoms with Crippen molar-refractivity contribution in [2.45, 2.75) is 128 Å². The number of aryl methyl sites for hydroxylation is 1. The number of methoxy groups -OCH3 is 1. The standard InChI is InChI=1S/C55H69N3O7/c1-4-37(17-18-59)41(31-60)27-43(61)16-15-38-29-51(65-45-12-5-6-13-45)54(63)53-46(38)14-8-11-42-25-40-28-48-47(19-33(2)20-49(48)52(53)50(40)32-64-3)39-23-36(24-44(62)26-39)22-34-9-7-10-35(21-34)30-57-55(56)58-42/h7,9-10,21,23-24,26-29,33,37,40,42,45,47,49-50,52,59-60,62-63H,4-6,11-13,15-20,22,25,30-32H2,1-3H3,(H3,56,57,58). The summed E-state index contributed by atoms with van der Waals surface area (Å²) in [6.45, 7) is 4.92. The highest BCUT2D eigenvalue weighted by atomic mass is 16.5. The molecule has 8 rings (SSSR count). The number of nitrogens with zero attached hydrogens (tertiary/aromatic N) is 1. The molecule has 65 heavy (non-hydrogen) atoms. The van der Waals surface area contributed by atoms with E-state index in [0.29, 0.717) is 74.9 Å². The van der Waals surface area contributed by atoms with E-state index >= 15 is 0 Å². The second-order valence-electron chi connectivity index (χ2n) is 19.6. The second-order valence-corrected chi connectivity index (χ2v) is 19.6. The van der Waals surface area contributed by atoms with Crippen molar-refractivity contribution in [1.29, 1.82) is 0 Å². The summed E-state index contributed by atoms with van der Waals surface area (Å²) in [5.74, 6) is 8.22. The molecule has 0 saturated heterocycles. The van der Waals surface area contributed by atoms with Crippen LogP contribution in [0.25, 0.3) is 0 Å². The van der Waals surface area contributed by atoms with Gasteiger partial charge >= 0.3 is 0 Å². The van der Waals surface area contributed by atoms with Gasteiger partial charge in [-0.25, -0.2) is 4.99 Å². The van der Waals surface area contributed by atoms with Crippen LogP contribution in [0.5, 0.6) is 17.2 Å². The number of nitrogens with one attached hydrogen (secondary N) is 1. The summed E-state index contributed by atoms with van der Waals surface area (Å²) in [4.78, 5) is 18.7. The van der Waals surface area contributed by atoms with Crippen molar-refractivity contribution in [2.24, 2.45) is 40.3 Å². The summed E-state index contributed by atoms with van der Waals surface area (Å²) in [5.41, 5.74) is 15.4. The summed E-state index contributed by atoms with van der Waals surface area (Å²) in [6, 6.07) is 16.3. The van der Waals surface area contributed by atoms with Gasteiger partial charge in [0.05, 0.1) is 25.9 Å². The number of aliphatic imine (C=N–C) groups is 1. The molecule has 8 atom stereocenters. The first-order valence-electron chi connectivity index (χ1n) is 24.2. The fourth-order valence-corrected chi connectivity index (χ4v) is 12.0. The number of phenols is 2. The van der Waals surface area contributed by atoms with Gasteiger partial charge in [-0.3, -0.25) is 4.79 Å². The van der Waals surface area contributed by atoms with Crippen molar-refractivity contribution < 1.29 is 34.7 Å². The first-order valence-corrected chi connectivity index (χ1v) is 24.2. The molecule has 10 nitrogen and oxygen atoms in total. The van der Waals surface area contributed by atoms with E-state index in [1.165, 1.54) is 5.57 Å². The molecule has 1 heterocycles. The lowest BCUT2D eigenvalue weighted by Gasteiger charge is -2.50. The van der Waals surface area contributed by atoms with Gasteiger partial charge in [-0.05, 0) is 158 Å². The monoisotopic (exact) mass is 884 g/mol. The van der Waals surface area contributed by atoms with Crippen molar-refractivity contribution in [3.05, 3.63) is 111 Å². The van der Waals surface area contributed by atoms with Crippen molar-refractivity contribution in [3.63, 3.8) is 0 Å². The zero-order valence-electron chi connectivity index (χ0n) is 38.5. The van der Waals surface area contributed by atoms with Crippen LogP contribution < -0.4 is 15.8 Å². The van der Waals surface area contributed by atoms with Gasteiger partial charge in [0.25, 0.3) is 0 Å². The molecule has 4 aliphatic carbocycles. The van der Waals surface area contributed by atoms with Gasteiger partial charge in [0, 0.05) is 55.6 Å². The minimum Gasteiger partial charge on any atom is -0.508 e. The molecule has 8 unspecified atom stereocenters. The Morgan fingerprint density at radius 1 is 1.05 bits per heavy atom. The SMILES string of the molecule is CCC(CCO)C(=CC(=O)CCc1cc(OC2CCCC2)c(O)c2c1C#CCC1CC3C=C4C(CC(C)CC4C2C3COC)c2cc(O)cc(c2)Cc2cccc(c2)CN=C(N)N1)CO. The summed E-state index contributed by atoms with van der Waals surface area (Å²) in [5, 5.41) is 47.8. The maximum Gasteiger partial charge on any atom is 0.189 e. The van der Waals surface area contributed by atoms with E-state index in [-0.39, 0.29) is 84.6 Å². The lowest BCUT2D eigenvalue weighted by atomic mass is 9.55. The van der Waals surface area contributed by atoms with Crippen molar-refractivity contribution >= 4 is 11.7 Å². The molecule has 10 heteroatoms. The van der Waals surface area contributed by atoms with Crippen molar-refractivity contribution in [1.82, 2.24) is 5.32 Å². The number of hydrogen-bond acceptors (Lipinski definition) is 10. The average Bonchev–Trinajstić information content (AvgIpc) is 3.80. The van der Waals surface area contributed by atoms with E-state index in [1.807, 2.05) is 25.1 Å². The number of rotatable bonds is 13. The Kier molecular flexibility index (Phi) is 15.0. The van der Waals surface area contributed by atoms with Gasteiger partial charge in [0.15, 0.2) is 23.2 Å². The Hall–Kier alpha value is -5.08. The minimum atomic E-state index is -0.245. The number of carbonyl (C=O) groups excluding carboxylic acids is 1. The predicted octanol–water partition coefficient (Wildman–Crippen LogP) is 8.50. The van der Waals surface area contributed by atoms with Crippen LogP contribution in [0, 0.1) is 41.4 Å². The van der Waals surface area contributed by atoms with Crippen LogP contribution in [0.2, 0.25) is 0 Å². The highest BCUT2D eigenvalue weighted by Gasteiger charge is 2.48. The van der Waals surface area contributed by atoms with E-state index in [4.69, 9.17) is 20.2 Å². The topological polar surface area (TPSA) is 167 Å². The molecular weight excluding hydrogens is 815 g/mol. The molecule has 3 aromatic rings. The maximum atomic E-state index is 13.8. The van der Waals surface area contributed by atoms with Gasteiger partial charge < -0.3 is 41.0 Å². The second kappa shape index (κ2) is 21.0. The highest BCUT2D eigenvalue weighted by Crippen LogP contribution is 2.59. The van der Waals surface area contributed by atoms with Gasteiger partial charge in [0.1, 0.15) is 5.75 Å². The Morgan fingerprint density at radius 2 is 1.86 bits per heavy atom. The van der Waals surface area contributed by atoms with E-state index < -0.39 is 0 Å². The number of phenolic OH excluding ortho intramolecular Hbond substituents is 2. The Balaban J connectivity index is 1.32. The molecule has 0 radical (unpaired) electrons. The van der Waals surface area contributed by atoms with Crippen molar-refractivity contribution in [2.75, 3.05) is 26.9 Å². The van der Waals surface area contributed by atoms with Gasteiger partial charge in [-0.15, -0.1) is 0 Å². The van der Waals surface area contributed by atoms with Crippen LogP contribution in [0.1, 0.15) is 135 Å². The van der Waals surface area contributed by atoms with E-state index in [9.17, 15) is 25.2 Å². The zero-order chi connectivity index (χ0) is 45.6. The molecule has 2 saturated carbocycles. The summed E-state index contributed by atoms with van der Waals surface area (Å²) >= 11 is 0. The first-order chi connectivity index (χ1) is 31.5. The third kappa shape index (κ3) is 10.6. The van der Waals surface area contributed by atoms with Gasteiger partial charge in [0.2, 0.25) is 0 Å². The summed E-state index contributed by atoms with van der Waals surface area (Å²) < 4.78 is 13.0. The van der Waals surface area contributed by atoms with Crippen LogP contribution in [-0.2, 0) is 28.9 Å². The molecule has 3 aromatic carbocycles. The van der Waals surface area contributed by atoms with Crippen LogP contribution >= 0.6 is 0 Å². The van der Waals surface area contributed by atoms with Gasteiger partial charge in [-0.2, -0.15) is 0 Å². The number of carbonyl (C=O) groups is 1. The normalized spacial score (nSPS) is 25.9. The van der Waals surface area contributed by atoms with E-state index in [1.54, 1.807) is 13.2 Å². The minimum absolute atomic E-state index is 0.000986. The Morgan fingerprint density at radius 3 is 2.63 bits per heavy atom. The lowest BCUT2D eigenvalue weighted by Crippen LogP contribution is -2.45. The quantitative estimate of drug-likeness (QED) is 0.0561. The third-order valence-corrected chi connectivity index (χ3v) is 15.0. The van der Waals surface area contributed by atoms with Crippen molar-refractivity contribution in [3.8, 4) is 29.1 Å².